The van der Waals surface area contributed by atoms with Crippen LogP contribution in [-0.2, 0) is 0 Å². The Kier molecular flexibility index (Phi) is 4.13. The quantitative estimate of drug-likeness (QED) is 0.805. The van der Waals surface area contributed by atoms with E-state index in [1.54, 1.807) is 28.9 Å². The van der Waals surface area contributed by atoms with Gasteiger partial charge in [-0.3, -0.25) is 10.2 Å². The molecule has 0 saturated heterocycles. The number of imidazole rings is 1. The number of rotatable bonds is 3. The van der Waals surface area contributed by atoms with E-state index in [0.717, 1.165) is 17.0 Å². The first-order valence-electron chi connectivity index (χ1n) is 7.53. The minimum atomic E-state index is -0.253. The lowest BCUT2D eigenvalue weighted by molar-refractivity contribution is 0.101. The zero-order chi connectivity index (χ0) is 17.1. The lowest BCUT2D eigenvalue weighted by Crippen LogP contribution is -2.24. The van der Waals surface area contributed by atoms with Gasteiger partial charge in [-0.05, 0) is 38.1 Å². The smallest absolute Gasteiger partial charge is 0.267 e. The van der Waals surface area contributed by atoms with Crippen LogP contribution in [0.25, 0.3) is 11.4 Å². The highest BCUT2D eigenvalue weighted by Crippen LogP contribution is 2.20. The molecule has 5 heteroatoms. The van der Waals surface area contributed by atoms with Gasteiger partial charge < -0.3 is 0 Å². The molecular formula is C19H16N4O. The maximum Gasteiger partial charge on any atom is 0.270 e. The number of carbonyl (C=O) groups is 1. The molecule has 0 saturated carbocycles. The highest BCUT2D eigenvalue weighted by atomic mass is 16.2. The van der Waals surface area contributed by atoms with Gasteiger partial charge in [0.15, 0.2) is 5.82 Å². The standard InChI is InChI=1S/C19H16N4O/c1-13-14(2)23(18(21-13)16-6-4-3-5-7-16)22-19(24)17-10-8-15(12-20)9-11-17/h3-11H,1-2H3,(H,22,24). The van der Waals surface area contributed by atoms with E-state index in [0.29, 0.717) is 17.0 Å². The van der Waals surface area contributed by atoms with Crippen molar-refractivity contribution in [2.75, 3.05) is 5.43 Å². The molecule has 1 aromatic heterocycles. The maximum absolute atomic E-state index is 12.5. The van der Waals surface area contributed by atoms with Crippen molar-refractivity contribution in [2.45, 2.75) is 13.8 Å². The molecule has 1 amide bonds. The van der Waals surface area contributed by atoms with Gasteiger partial charge in [-0.1, -0.05) is 30.3 Å². The highest BCUT2D eigenvalue weighted by molar-refractivity contribution is 6.00. The van der Waals surface area contributed by atoms with Crippen LogP contribution < -0.4 is 5.43 Å². The minimum absolute atomic E-state index is 0.253. The first kappa shape index (κ1) is 15.5. The summed E-state index contributed by atoms with van der Waals surface area (Å²) in [6.45, 7) is 3.82. The van der Waals surface area contributed by atoms with E-state index < -0.39 is 0 Å². The molecule has 0 bridgehead atoms. The van der Waals surface area contributed by atoms with E-state index >= 15 is 0 Å². The van der Waals surface area contributed by atoms with E-state index in [4.69, 9.17) is 5.26 Å². The van der Waals surface area contributed by atoms with E-state index in [1.165, 1.54) is 0 Å². The summed E-state index contributed by atoms with van der Waals surface area (Å²) in [7, 11) is 0. The molecule has 0 aliphatic carbocycles. The van der Waals surface area contributed by atoms with Gasteiger partial charge in [-0.2, -0.15) is 5.26 Å². The average Bonchev–Trinajstić information content (AvgIpc) is 2.91. The molecule has 2 aromatic carbocycles. The van der Waals surface area contributed by atoms with Crippen molar-refractivity contribution in [3.8, 4) is 17.5 Å². The van der Waals surface area contributed by atoms with Crippen LogP contribution in [0.2, 0.25) is 0 Å². The molecule has 0 spiro atoms. The van der Waals surface area contributed by atoms with Gasteiger partial charge in [0, 0.05) is 11.1 Å². The number of hydrogen-bond acceptors (Lipinski definition) is 3. The second-order valence-corrected chi connectivity index (χ2v) is 5.44. The molecular weight excluding hydrogens is 300 g/mol. The van der Waals surface area contributed by atoms with Gasteiger partial charge in [0.1, 0.15) is 0 Å². The Balaban J connectivity index is 1.95. The van der Waals surface area contributed by atoms with Crippen LogP contribution in [0.3, 0.4) is 0 Å². The van der Waals surface area contributed by atoms with Crippen molar-refractivity contribution < 1.29 is 4.79 Å². The predicted molar refractivity (Wildman–Crippen MR) is 92.0 cm³/mol. The Bertz CT molecular complexity index is 918. The summed E-state index contributed by atoms with van der Waals surface area (Å²) in [5.74, 6) is 0.435. The van der Waals surface area contributed by atoms with Crippen molar-refractivity contribution in [1.29, 1.82) is 5.26 Å². The predicted octanol–water partition coefficient (Wildman–Crippen LogP) is 3.42. The summed E-state index contributed by atoms with van der Waals surface area (Å²) in [6.07, 6.45) is 0. The number of hydrogen-bond donors (Lipinski definition) is 1. The third-order valence-corrected chi connectivity index (χ3v) is 3.87. The number of amides is 1. The zero-order valence-corrected chi connectivity index (χ0v) is 13.4. The Labute approximate surface area is 140 Å². The van der Waals surface area contributed by atoms with Crippen LogP contribution in [0.4, 0.5) is 0 Å². The monoisotopic (exact) mass is 316 g/mol. The first-order valence-corrected chi connectivity index (χ1v) is 7.53. The molecule has 0 unspecified atom stereocenters. The molecule has 0 radical (unpaired) electrons. The summed E-state index contributed by atoms with van der Waals surface area (Å²) in [5, 5.41) is 8.84. The first-order chi connectivity index (χ1) is 11.6. The Hall–Kier alpha value is -3.39. The van der Waals surface area contributed by atoms with Crippen LogP contribution in [0.1, 0.15) is 27.3 Å². The van der Waals surface area contributed by atoms with Gasteiger partial charge in [0.05, 0.1) is 23.0 Å². The average molecular weight is 316 g/mol. The number of nitrogens with zero attached hydrogens (tertiary/aromatic N) is 3. The number of aromatic nitrogens is 2. The van der Waals surface area contributed by atoms with Gasteiger partial charge in [-0.15, -0.1) is 0 Å². The Morgan fingerprint density at radius 1 is 1.08 bits per heavy atom. The topological polar surface area (TPSA) is 70.7 Å². The normalized spacial score (nSPS) is 10.2. The fraction of sp³-hybridized carbons (Fsp3) is 0.105. The van der Waals surface area contributed by atoms with Crippen molar-refractivity contribution in [1.82, 2.24) is 9.66 Å². The van der Waals surface area contributed by atoms with Crippen molar-refractivity contribution >= 4 is 5.91 Å². The van der Waals surface area contributed by atoms with E-state index in [2.05, 4.69) is 10.4 Å². The number of benzene rings is 2. The van der Waals surface area contributed by atoms with Gasteiger partial charge in [0.2, 0.25) is 0 Å². The molecule has 0 aliphatic rings. The molecule has 1 N–H and O–H groups in total. The van der Waals surface area contributed by atoms with E-state index in [9.17, 15) is 4.79 Å². The number of nitrogens with one attached hydrogen (secondary N) is 1. The molecule has 3 aromatic rings. The van der Waals surface area contributed by atoms with Crippen molar-refractivity contribution in [2.24, 2.45) is 0 Å². The van der Waals surface area contributed by atoms with Crippen molar-refractivity contribution in [3.63, 3.8) is 0 Å². The Morgan fingerprint density at radius 2 is 1.75 bits per heavy atom. The highest BCUT2D eigenvalue weighted by Gasteiger charge is 2.15. The summed E-state index contributed by atoms with van der Waals surface area (Å²) >= 11 is 0. The van der Waals surface area contributed by atoms with Crippen LogP contribution in [0.5, 0.6) is 0 Å². The summed E-state index contributed by atoms with van der Waals surface area (Å²) in [5.41, 5.74) is 6.54. The minimum Gasteiger partial charge on any atom is -0.267 e. The number of aryl methyl sites for hydroxylation is 1. The van der Waals surface area contributed by atoms with E-state index in [-0.39, 0.29) is 5.91 Å². The second-order valence-electron chi connectivity index (χ2n) is 5.44. The van der Waals surface area contributed by atoms with Crippen LogP contribution in [0.15, 0.2) is 54.6 Å². The van der Waals surface area contributed by atoms with Gasteiger partial charge in [-0.25, -0.2) is 9.66 Å². The van der Waals surface area contributed by atoms with Crippen LogP contribution >= 0.6 is 0 Å². The number of nitriles is 1. The SMILES string of the molecule is Cc1nc(-c2ccccc2)n(NC(=O)c2ccc(C#N)cc2)c1C. The molecule has 3 rings (SSSR count). The summed E-state index contributed by atoms with van der Waals surface area (Å²) < 4.78 is 1.70. The molecule has 24 heavy (non-hydrogen) atoms. The molecule has 0 aliphatic heterocycles. The summed E-state index contributed by atoms with van der Waals surface area (Å²) in [4.78, 5) is 17.1. The second kappa shape index (κ2) is 6.39. The molecule has 0 fully saturated rings. The fourth-order valence-corrected chi connectivity index (χ4v) is 2.39. The molecule has 0 atom stereocenters. The number of carbonyl (C=O) groups excluding carboxylic acids is 1. The summed E-state index contributed by atoms with van der Waals surface area (Å²) in [6, 6.07) is 18.3. The van der Waals surface area contributed by atoms with Crippen LogP contribution in [-0.4, -0.2) is 15.6 Å². The lowest BCUT2D eigenvalue weighted by Gasteiger charge is -2.12. The molecule has 5 nitrogen and oxygen atoms in total. The third kappa shape index (κ3) is 2.90. The maximum atomic E-state index is 12.5. The van der Waals surface area contributed by atoms with Crippen molar-refractivity contribution in [3.05, 3.63) is 77.1 Å². The van der Waals surface area contributed by atoms with Crippen LogP contribution in [0, 0.1) is 25.2 Å². The lowest BCUT2D eigenvalue weighted by atomic mass is 10.1. The largest absolute Gasteiger partial charge is 0.270 e. The molecule has 1 heterocycles. The third-order valence-electron chi connectivity index (χ3n) is 3.87. The fourth-order valence-electron chi connectivity index (χ4n) is 2.39. The Morgan fingerprint density at radius 3 is 2.38 bits per heavy atom. The molecule has 118 valence electrons. The van der Waals surface area contributed by atoms with Gasteiger partial charge >= 0.3 is 0 Å². The van der Waals surface area contributed by atoms with Gasteiger partial charge in [0.25, 0.3) is 5.91 Å². The van der Waals surface area contributed by atoms with E-state index in [1.807, 2.05) is 50.2 Å². The zero-order valence-electron chi connectivity index (χ0n) is 13.4.